The zero-order valence-corrected chi connectivity index (χ0v) is 13.4. The molecule has 3 rings (SSSR count). The molecule has 2 N–H and O–H groups in total. The van der Waals surface area contributed by atoms with E-state index in [-0.39, 0.29) is 22.8 Å². The highest BCUT2D eigenvalue weighted by Gasteiger charge is 2.31. The van der Waals surface area contributed by atoms with Gasteiger partial charge in [0.15, 0.2) is 11.9 Å². The molecular weight excluding hydrogens is 329 g/mol. The van der Waals surface area contributed by atoms with Crippen LogP contribution in [0.2, 0.25) is 0 Å². The van der Waals surface area contributed by atoms with Gasteiger partial charge in [0.25, 0.3) is 5.90 Å². The van der Waals surface area contributed by atoms with E-state index in [4.69, 9.17) is 14.7 Å². The smallest absolute Gasteiger partial charge is 0.267 e. The Kier molecular flexibility index (Phi) is 4.56. The summed E-state index contributed by atoms with van der Waals surface area (Å²) < 4.78 is 24.6. The van der Waals surface area contributed by atoms with Crippen molar-refractivity contribution in [1.29, 1.82) is 0 Å². The van der Waals surface area contributed by atoms with Gasteiger partial charge in [0, 0.05) is 12.5 Å². The number of aromatic hydroxyl groups is 1. The average molecular weight is 345 g/mol. The van der Waals surface area contributed by atoms with Gasteiger partial charge in [-0.15, -0.1) is 0 Å². The van der Waals surface area contributed by atoms with E-state index in [9.17, 15) is 14.3 Å². The normalized spacial score (nSPS) is 16.2. The average Bonchev–Trinajstić information content (AvgIpc) is 3.01. The lowest BCUT2D eigenvalue weighted by Crippen LogP contribution is -2.27. The summed E-state index contributed by atoms with van der Waals surface area (Å²) in [5, 5.41) is 22.2. The van der Waals surface area contributed by atoms with Crippen molar-refractivity contribution >= 4 is 11.7 Å². The molecule has 1 heterocycles. The minimum absolute atomic E-state index is 0.0140. The molecule has 2 aromatic carbocycles. The Labute approximate surface area is 143 Å². The van der Waals surface area contributed by atoms with Crippen LogP contribution in [0.15, 0.2) is 41.6 Å². The van der Waals surface area contributed by atoms with Crippen LogP contribution in [0.4, 0.5) is 4.39 Å². The topological polar surface area (TPSA) is 88.4 Å². The third-order valence-electron chi connectivity index (χ3n) is 3.88. The first kappa shape index (κ1) is 16.8. The fourth-order valence-corrected chi connectivity index (χ4v) is 2.72. The molecule has 1 aliphatic heterocycles. The summed E-state index contributed by atoms with van der Waals surface area (Å²) >= 11 is 0. The second-order valence-electron chi connectivity index (χ2n) is 5.47. The molecule has 6 nitrogen and oxygen atoms in total. The molecular formula is C18H16FNO5. The molecule has 7 heteroatoms. The molecule has 2 aromatic rings. The van der Waals surface area contributed by atoms with Crippen molar-refractivity contribution in [3.05, 3.63) is 58.9 Å². The number of ether oxygens (including phenoxy) is 2. The maximum absolute atomic E-state index is 13.8. The highest BCUT2D eigenvalue weighted by molar-refractivity contribution is 6.11. The van der Waals surface area contributed by atoms with Gasteiger partial charge in [-0.3, -0.25) is 4.79 Å². The number of halogens is 1. The van der Waals surface area contributed by atoms with E-state index in [1.54, 1.807) is 13.0 Å². The van der Waals surface area contributed by atoms with Crippen LogP contribution in [-0.2, 0) is 11.2 Å². The summed E-state index contributed by atoms with van der Waals surface area (Å²) in [4.78, 5) is 12.5. The first-order valence-electron chi connectivity index (χ1n) is 7.71. The first-order valence-corrected chi connectivity index (χ1v) is 7.71. The Morgan fingerprint density at radius 3 is 2.80 bits per heavy atom. The predicted octanol–water partition coefficient (Wildman–Crippen LogP) is 2.89. The zero-order valence-electron chi connectivity index (χ0n) is 13.4. The van der Waals surface area contributed by atoms with Crippen LogP contribution < -0.4 is 4.74 Å². The molecule has 1 unspecified atom stereocenters. The lowest BCUT2D eigenvalue weighted by Gasteiger charge is -2.12. The number of hydrogen-bond acceptors (Lipinski definition) is 6. The highest BCUT2D eigenvalue weighted by Crippen LogP contribution is 2.36. The number of nitrogens with zero attached hydrogens (tertiary/aromatic N) is 1. The lowest BCUT2D eigenvalue weighted by atomic mass is 9.98. The van der Waals surface area contributed by atoms with E-state index in [1.807, 2.05) is 0 Å². The second-order valence-corrected chi connectivity index (χ2v) is 5.47. The van der Waals surface area contributed by atoms with Gasteiger partial charge in [-0.2, -0.15) is 0 Å². The number of ketones is 1. The Balaban J connectivity index is 1.92. The van der Waals surface area contributed by atoms with Gasteiger partial charge in [0.1, 0.15) is 17.3 Å². The van der Waals surface area contributed by atoms with Crippen LogP contribution in [0.25, 0.3) is 0 Å². The number of phenolic OH excluding ortho intramolecular Hbond substituents is 1. The Bertz CT molecular complexity index is 849. The van der Waals surface area contributed by atoms with Crippen LogP contribution in [0.1, 0.15) is 28.4 Å². The molecule has 130 valence electrons. The SMILES string of the molecule is CCO/C(=N/O)C1Cc2cc(C(=O)c3ccccc3F)c(O)cc2O1. The van der Waals surface area contributed by atoms with E-state index < -0.39 is 17.7 Å². The lowest BCUT2D eigenvalue weighted by molar-refractivity contribution is 0.103. The van der Waals surface area contributed by atoms with Crippen molar-refractivity contribution in [2.75, 3.05) is 6.61 Å². The number of carbonyl (C=O) groups excluding carboxylic acids is 1. The Hall–Kier alpha value is -3.09. The van der Waals surface area contributed by atoms with Crippen LogP contribution in [0, 0.1) is 5.82 Å². The number of benzene rings is 2. The quantitative estimate of drug-likeness (QED) is 0.292. The van der Waals surface area contributed by atoms with E-state index in [0.717, 1.165) is 0 Å². The number of oxime groups is 1. The molecule has 0 radical (unpaired) electrons. The largest absolute Gasteiger partial charge is 0.507 e. The monoisotopic (exact) mass is 345 g/mol. The summed E-state index contributed by atoms with van der Waals surface area (Å²) in [7, 11) is 0. The zero-order chi connectivity index (χ0) is 18.0. The van der Waals surface area contributed by atoms with Crippen LogP contribution in [0.5, 0.6) is 11.5 Å². The summed E-state index contributed by atoms with van der Waals surface area (Å²) in [5.41, 5.74) is 0.482. The summed E-state index contributed by atoms with van der Waals surface area (Å²) in [6.07, 6.45) is -0.356. The van der Waals surface area contributed by atoms with Crippen molar-refractivity contribution < 1.29 is 29.0 Å². The molecule has 0 aliphatic carbocycles. The fourth-order valence-electron chi connectivity index (χ4n) is 2.72. The van der Waals surface area contributed by atoms with Crippen molar-refractivity contribution in [1.82, 2.24) is 0 Å². The van der Waals surface area contributed by atoms with E-state index in [0.29, 0.717) is 24.3 Å². The van der Waals surface area contributed by atoms with Crippen LogP contribution in [-0.4, -0.2) is 34.7 Å². The summed E-state index contributed by atoms with van der Waals surface area (Å²) in [6.45, 7) is 2.04. The highest BCUT2D eigenvalue weighted by atomic mass is 19.1. The third kappa shape index (κ3) is 3.13. The maximum atomic E-state index is 13.8. The van der Waals surface area contributed by atoms with Gasteiger partial charge in [-0.25, -0.2) is 4.39 Å². The van der Waals surface area contributed by atoms with Gasteiger partial charge in [-0.1, -0.05) is 17.3 Å². The number of rotatable bonds is 4. The molecule has 1 atom stereocenters. The number of fused-ring (bicyclic) bond motifs is 1. The summed E-state index contributed by atoms with van der Waals surface area (Å²) in [6, 6.07) is 8.32. The van der Waals surface area contributed by atoms with Gasteiger partial charge >= 0.3 is 0 Å². The number of carbonyl (C=O) groups is 1. The minimum atomic E-state index is -0.660. The van der Waals surface area contributed by atoms with Gasteiger partial charge in [0.05, 0.1) is 17.7 Å². The molecule has 25 heavy (non-hydrogen) atoms. The molecule has 0 aromatic heterocycles. The molecule has 0 saturated heterocycles. The van der Waals surface area contributed by atoms with Gasteiger partial charge < -0.3 is 19.8 Å². The molecule has 0 amide bonds. The van der Waals surface area contributed by atoms with E-state index in [2.05, 4.69) is 5.16 Å². The standard InChI is InChI=1S/C18H16FNO5/c1-2-24-18(20-23)16-8-10-7-12(14(21)9-15(10)25-16)17(22)11-5-3-4-6-13(11)19/h3-7,9,16,21,23H,2,8H2,1H3/b20-18+. The van der Waals surface area contributed by atoms with E-state index in [1.165, 1.54) is 30.3 Å². The molecule has 0 fully saturated rings. The van der Waals surface area contributed by atoms with Gasteiger partial charge in [-0.05, 0) is 30.7 Å². The molecule has 0 saturated carbocycles. The van der Waals surface area contributed by atoms with Crippen LogP contribution >= 0.6 is 0 Å². The predicted molar refractivity (Wildman–Crippen MR) is 86.9 cm³/mol. The maximum Gasteiger partial charge on any atom is 0.267 e. The van der Waals surface area contributed by atoms with Crippen LogP contribution in [0.3, 0.4) is 0 Å². The van der Waals surface area contributed by atoms with E-state index >= 15 is 0 Å². The fraction of sp³-hybridized carbons (Fsp3) is 0.222. The van der Waals surface area contributed by atoms with Crippen molar-refractivity contribution in [3.8, 4) is 11.5 Å². The molecule has 1 aliphatic rings. The van der Waals surface area contributed by atoms with Crippen molar-refractivity contribution in [2.24, 2.45) is 5.16 Å². The minimum Gasteiger partial charge on any atom is -0.507 e. The Morgan fingerprint density at radius 2 is 2.12 bits per heavy atom. The third-order valence-corrected chi connectivity index (χ3v) is 3.88. The number of phenols is 1. The van der Waals surface area contributed by atoms with Gasteiger partial charge in [0.2, 0.25) is 0 Å². The van der Waals surface area contributed by atoms with Crippen molar-refractivity contribution in [2.45, 2.75) is 19.4 Å². The first-order chi connectivity index (χ1) is 12.0. The molecule has 0 bridgehead atoms. The number of hydrogen-bond donors (Lipinski definition) is 2. The second kappa shape index (κ2) is 6.80. The summed E-state index contributed by atoms with van der Waals surface area (Å²) in [5.74, 6) is -1.23. The molecule has 0 spiro atoms. The Morgan fingerprint density at radius 1 is 1.36 bits per heavy atom. The van der Waals surface area contributed by atoms with Crippen molar-refractivity contribution in [3.63, 3.8) is 0 Å².